The third kappa shape index (κ3) is 2.95. The van der Waals surface area contributed by atoms with E-state index in [-0.39, 0.29) is 17.2 Å². The van der Waals surface area contributed by atoms with Crippen LogP contribution in [0.1, 0.15) is 28.3 Å². The van der Waals surface area contributed by atoms with Gasteiger partial charge in [0.05, 0.1) is 25.3 Å². The van der Waals surface area contributed by atoms with Gasteiger partial charge in [-0.05, 0) is 24.6 Å². The summed E-state index contributed by atoms with van der Waals surface area (Å²) in [6, 6.07) is 11.3. The fourth-order valence-corrected chi connectivity index (χ4v) is 2.77. The number of para-hydroxylation sites is 1. The molecule has 24 heavy (non-hydrogen) atoms. The summed E-state index contributed by atoms with van der Waals surface area (Å²) in [6.45, 7) is 0.419. The van der Waals surface area contributed by atoms with Gasteiger partial charge in [0.15, 0.2) is 0 Å². The van der Waals surface area contributed by atoms with Gasteiger partial charge in [-0.3, -0.25) is 4.79 Å². The van der Waals surface area contributed by atoms with Gasteiger partial charge in [0.25, 0.3) is 0 Å². The zero-order valence-electron chi connectivity index (χ0n) is 13.0. The molecular weight excluding hydrogens is 313 g/mol. The van der Waals surface area contributed by atoms with Crippen molar-refractivity contribution in [2.45, 2.75) is 12.3 Å². The Morgan fingerprint density at radius 3 is 2.79 bits per heavy atom. The molecule has 0 bridgehead atoms. The number of amides is 1. The Morgan fingerprint density at radius 2 is 2.00 bits per heavy atom. The number of benzene rings is 2. The Bertz CT molecular complexity index is 790. The molecule has 1 aliphatic rings. The third-order valence-electron chi connectivity index (χ3n) is 3.94. The molecule has 1 atom stereocenters. The van der Waals surface area contributed by atoms with E-state index in [4.69, 9.17) is 4.74 Å². The Hall–Kier alpha value is -2.89. The lowest BCUT2D eigenvalue weighted by Crippen LogP contribution is -2.27. The molecule has 0 unspecified atom stereocenters. The topological polar surface area (TPSA) is 64.6 Å². The van der Waals surface area contributed by atoms with Crippen LogP contribution in [0.5, 0.6) is 5.75 Å². The minimum atomic E-state index is -0.837. The van der Waals surface area contributed by atoms with Crippen LogP contribution in [-0.4, -0.2) is 25.6 Å². The monoisotopic (exact) mass is 329 g/mol. The molecule has 0 aromatic heterocycles. The molecule has 2 aromatic carbocycles. The third-order valence-corrected chi connectivity index (χ3v) is 3.94. The normalized spacial score (nSPS) is 15.8. The molecule has 1 amide bonds. The highest BCUT2D eigenvalue weighted by molar-refractivity contribution is 6.03. The predicted molar refractivity (Wildman–Crippen MR) is 85.7 cm³/mol. The van der Waals surface area contributed by atoms with Crippen molar-refractivity contribution >= 4 is 17.6 Å². The average Bonchev–Trinajstić information content (AvgIpc) is 2.60. The van der Waals surface area contributed by atoms with E-state index in [9.17, 15) is 14.0 Å². The first-order chi connectivity index (χ1) is 11.6. The number of esters is 1. The Balaban J connectivity index is 1.89. The lowest BCUT2D eigenvalue weighted by Gasteiger charge is -2.25. The molecule has 124 valence electrons. The van der Waals surface area contributed by atoms with E-state index >= 15 is 0 Å². The van der Waals surface area contributed by atoms with Gasteiger partial charge in [-0.2, -0.15) is 0 Å². The van der Waals surface area contributed by atoms with Gasteiger partial charge < -0.3 is 14.8 Å². The second-order valence-corrected chi connectivity index (χ2v) is 5.37. The molecule has 6 heteroatoms. The van der Waals surface area contributed by atoms with Crippen molar-refractivity contribution in [2.75, 3.05) is 19.0 Å². The molecule has 0 spiro atoms. The van der Waals surface area contributed by atoms with E-state index < -0.39 is 17.7 Å². The van der Waals surface area contributed by atoms with Crippen molar-refractivity contribution in [3.63, 3.8) is 0 Å². The molecule has 2 aromatic rings. The van der Waals surface area contributed by atoms with E-state index in [1.165, 1.54) is 12.1 Å². The highest BCUT2D eigenvalue weighted by Gasteiger charge is 2.29. The fourth-order valence-electron chi connectivity index (χ4n) is 2.77. The minimum absolute atomic E-state index is 0.0934. The van der Waals surface area contributed by atoms with E-state index in [0.717, 1.165) is 18.7 Å². The first-order valence-electron chi connectivity index (χ1n) is 7.51. The Kier molecular flexibility index (Phi) is 4.46. The van der Waals surface area contributed by atoms with Crippen LogP contribution in [0.25, 0.3) is 0 Å². The van der Waals surface area contributed by atoms with E-state index in [1.807, 2.05) is 18.2 Å². The lowest BCUT2D eigenvalue weighted by atomic mass is 9.92. The summed E-state index contributed by atoms with van der Waals surface area (Å²) in [5, 5.41) is 2.64. The molecule has 5 nitrogen and oxygen atoms in total. The summed E-state index contributed by atoms with van der Waals surface area (Å²) < 4.78 is 24.1. The summed E-state index contributed by atoms with van der Waals surface area (Å²) in [5.41, 5.74) is 0.585. The molecule has 1 aliphatic heterocycles. The number of fused-ring (bicyclic) bond motifs is 1. The number of halogens is 1. The molecular formula is C18H16FNO4. The molecule has 1 heterocycles. The molecule has 3 rings (SSSR count). The van der Waals surface area contributed by atoms with Gasteiger partial charge in [0.2, 0.25) is 5.91 Å². The van der Waals surface area contributed by atoms with Gasteiger partial charge in [0, 0.05) is 5.56 Å². The largest absolute Gasteiger partial charge is 0.493 e. The molecule has 1 N–H and O–H groups in total. The van der Waals surface area contributed by atoms with Crippen LogP contribution in [0, 0.1) is 5.82 Å². The number of anilines is 1. The van der Waals surface area contributed by atoms with Crippen molar-refractivity contribution in [1.29, 1.82) is 0 Å². The first kappa shape index (κ1) is 16.0. The minimum Gasteiger partial charge on any atom is -0.493 e. The number of hydrogen-bond donors (Lipinski definition) is 1. The van der Waals surface area contributed by atoms with Crippen molar-refractivity contribution in [1.82, 2.24) is 0 Å². The highest BCUT2D eigenvalue weighted by Crippen LogP contribution is 2.34. The van der Waals surface area contributed by atoms with Gasteiger partial charge in [0.1, 0.15) is 17.1 Å². The average molecular weight is 329 g/mol. The molecule has 0 saturated carbocycles. The molecule has 0 fully saturated rings. The summed E-state index contributed by atoms with van der Waals surface area (Å²) in [6.07, 6.45) is 0.506. The number of ether oxygens (including phenoxy) is 2. The second-order valence-electron chi connectivity index (χ2n) is 5.37. The Morgan fingerprint density at radius 1 is 1.21 bits per heavy atom. The number of methoxy groups -OCH3 is 1. The van der Waals surface area contributed by atoms with Gasteiger partial charge in [-0.1, -0.05) is 24.3 Å². The number of nitrogens with one attached hydrogen (secondary N) is 1. The zero-order valence-corrected chi connectivity index (χ0v) is 13.0. The predicted octanol–water partition coefficient (Wildman–Crippen LogP) is 3.12. The van der Waals surface area contributed by atoms with E-state index in [1.54, 1.807) is 6.07 Å². The maximum absolute atomic E-state index is 13.9. The summed E-state index contributed by atoms with van der Waals surface area (Å²) in [4.78, 5) is 24.4. The SMILES string of the molecule is COC(=O)c1c(F)cccc1NC(=O)[C@@H]1CCOc2ccccc21. The number of carbonyl (C=O) groups excluding carboxylic acids is 2. The van der Waals surface area contributed by atoms with Crippen molar-refractivity contribution in [3.05, 3.63) is 59.4 Å². The fraction of sp³-hybridized carbons (Fsp3) is 0.222. The molecule has 0 saturated heterocycles. The number of hydrogen-bond acceptors (Lipinski definition) is 4. The summed E-state index contributed by atoms with van der Waals surface area (Å²) in [5.74, 6) is -1.66. The Labute approximate surface area is 138 Å². The van der Waals surface area contributed by atoms with Crippen LogP contribution in [0.15, 0.2) is 42.5 Å². The van der Waals surface area contributed by atoms with Gasteiger partial charge >= 0.3 is 5.97 Å². The summed E-state index contributed by atoms with van der Waals surface area (Å²) >= 11 is 0. The summed E-state index contributed by atoms with van der Waals surface area (Å²) in [7, 11) is 1.16. The number of carbonyl (C=O) groups is 2. The van der Waals surface area contributed by atoms with Gasteiger partial charge in [-0.15, -0.1) is 0 Å². The molecule has 0 radical (unpaired) electrons. The molecule has 0 aliphatic carbocycles. The van der Waals surface area contributed by atoms with Crippen LogP contribution in [0.2, 0.25) is 0 Å². The lowest BCUT2D eigenvalue weighted by molar-refractivity contribution is -0.118. The zero-order chi connectivity index (χ0) is 17.1. The highest BCUT2D eigenvalue weighted by atomic mass is 19.1. The van der Waals surface area contributed by atoms with E-state index in [0.29, 0.717) is 18.8 Å². The number of rotatable bonds is 3. The standard InChI is InChI=1S/C18H16FNO4/c1-23-18(22)16-13(19)6-4-7-14(16)20-17(21)12-9-10-24-15-8-3-2-5-11(12)15/h2-8,12H,9-10H2,1H3,(H,20,21)/t12-/m1/s1. The second kappa shape index (κ2) is 6.70. The van der Waals surface area contributed by atoms with Crippen LogP contribution in [0.3, 0.4) is 0 Å². The maximum Gasteiger partial charge on any atom is 0.342 e. The van der Waals surface area contributed by atoms with E-state index in [2.05, 4.69) is 10.1 Å². The van der Waals surface area contributed by atoms with Crippen molar-refractivity contribution in [2.24, 2.45) is 0 Å². The first-order valence-corrected chi connectivity index (χ1v) is 7.51. The quantitative estimate of drug-likeness (QED) is 0.879. The maximum atomic E-state index is 13.9. The van der Waals surface area contributed by atoms with Crippen molar-refractivity contribution in [3.8, 4) is 5.75 Å². The van der Waals surface area contributed by atoms with Crippen LogP contribution in [0.4, 0.5) is 10.1 Å². The van der Waals surface area contributed by atoms with Crippen LogP contribution < -0.4 is 10.1 Å². The smallest absolute Gasteiger partial charge is 0.342 e. The van der Waals surface area contributed by atoms with Gasteiger partial charge in [-0.25, -0.2) is 9.18 Å². The van der Waals surface area contributed by atoms with Crippen molar-refractivity contribution < 1.29 is 23.5 Å². The van der Waals surface area contributed by atoms with Crippen LogP contribution in [-0.2, 0) is 9.53 Å². The van der Waals surface area contributed by atoms with Crippen LogP contribution >= 0.6 is 0 Å².